The van der Waals surface area contributed by atoms with E-state index in [-0.39, 0.29) is 17.7 Å². The van der Waals surface area contributed by atoms with Crippen LogP contribution in [0.1, 0.15) is 19.4 Å². The largest absolute Gasteiger partial charge is 0.496 e. The van der Waals surface area contributed by atoms with Gasteiger partial charge in [0.1, 0.15) is 5.75 Å². The fourth-order valence-corrected chi connectivity index (χ4v) is 1.56. The van der Waals surface area contributed by atoms with E-state index in [1.165, 1.54) is 19.2 Å². The average molecular weight is 239 g/mol. The molecule has 0 saturated carbocycles. The second-order valence-corrected chi connectivity index (χ2v) is 4.75. The van der Waals surface area contributed by atoms with Crippen LogP contribution in [0.3, 0.4) is 0 Å². The highest BCUT2D eigenvalue weighted by molar-refractivity contribution is 5.44. The first-order valence-corrected chi connectivity index (χ1v) is 5.32. The van der Waals surface area contributed by atoms with Crippen LogP contribution >= 0.6 is 0 Å². The molecule has 0 bridgehead atoms. The normalized spacial score (nSPS) is 11.3. The number of aliphatic hydroxyl groups is 1. The zero-order valence-electron chi connectivity index (χ0n) is 10.3. The maximum atomic E-state index is 10.6. The monoisotopic (exact) mass is 239 g/mol. The first-order valence-electron chi connectivity index (χ1n) is 5.32. The van der Waals surface area contributed by atoms with Crippen molar-refractivity contribution in [3.63, 3.8) is 0 Å². The van der Waals surface area contributed by atoms with E-state index in [0.29, 0.717) is 12.2 Å². The second kappa shape index (κ2) is 5.14. The molecule has 0 aromatic heterocycles. The standard InChI is InChI=1S/C12H17NO4/c1-12(2,8-14)7-9-4-5-10(13(15)16)6-11(9)17-3/h4-6,14H,7-8H2,1-3H3. The number of ether oxygens (including phenoxy) is 1. The van der Waals surface area contributed by atoms with Crippen LogP contribution in [-0.2, 0) is 6.42 Å². The summed E-state index contributed by atoms with van der Waals surface area (Å²) in [6.07, 6.45) is 0.602. The summed E-state index contributed by atoms with van der Waals surface area (Å²) < 4.78 is 5.14. The summed E-state index contributed by atoms with van der Waals surface area (Å²) in [5, 5.41) is 19.8. The molecule has 0 aliphatic rings. The number of methoxy groups -OCH3 is 1. The quantitative estimate of drug-likeness (QED) is 0.631. The molecule has 0 atom stereocenters. The zero-order valence-corrected chi connectivity index (χ0v) is 10.3. The Kier molecular flexibility index (Phi) is 4.07. The molecule has 0 unspecified atom stereocenters. The molecule has 1 rings (SSSR count). The summed E-state index contributed by atoms with van der Waals surface area (Å²) in [5.74, 6) is 0.487. The molecule has 0 spiro atoms. The van der Waals surface area contributed by atoms with E-state index in [9.17, 15) is 15.2 Å². The predicted octanol–water partition coefficient (Wildman–Crippen LogP) is 2.16. The number of hydrogen-bond donors (Lipinski definition) is 1. The molecule has 0 amide bonds. The fourth-order valence-electron chi connectivity index (χ4n) is 1.56. The molecule has 0 aliphatic carbocycles. The third kappa shape index (κ3) is 3.42. The van der Waals surface area contributed by atoms with Gasteiger partial charge in [0.15, 0.2) is 0 Å². The van der Waals surface area contributed by atoms with E-state index in [1.807, 2.05) is 13.8 Å². The lowest BCUT2D eigenvalue weighted by molar-refractivity contribution is -0.384. The molecule has 1 N–H and O–H groups in total. The van der Waals surface area contributed by atoms with E-state index >= 15 is 0 Å². The number of benzene rings is 1. The number of non-ortho nitro benzene ring substituents is 1. The lowest BCUT2D eigenvalue weighted by Gasteiger charge is -2.22. The van der Waals surface area contributed by atoms with E-state index in [4.69, 9.17) is 4.74 Å². The Bertz CT molecular complexity index is 415. The lowest BCUT2D eigenvalue weighted by Crippen LogP contribution is -2.20. The van der Waals surface area contributed by atoms with Crippen molar-refractivity contribution in [1.29, 1.82) is 0 Å². The highest BCUT2D eigenvalue weighted by Gasteiger charge is 2.20. The number of nitro groups is 1. The minimum Gasteiger partial charge on any atom is -0.496 e. The van der Waals surface area contributed by atoms with Gasteiger partial charge in [-0.05, 0) is 23.5 Å². The minimum atomic E-state index is -0.455. The minimum absolute atomic E-state index is 0.00686. The number of nitro benzene ring substituents is 1. The van der Waals surface area contributed by atoms with Gasteiger partial charge in [0.2, 0.25) is 0 Å². The van der Waals surface area contributed by atoms with Gasteiger partial charge in [0.05, 0.1) is 18.1 Å². The molecule has 5 nitrogen and oxygen atoms in total. The summed E-state index contributed by atoms with van der Waals surface area (Å²) in [6, 6.07) is 4.53. The van der Waals surface area contributed by atoms with Gasteiger partial charge < -0.3 is 9.84 Å². The van der Waals surface area contributed by atoms with Gasteiger partial charge in [-0.15, -0.1) is 0 Å². The Labute approximate surface area is 100 Å². The van der Waals surface area contributed by atoms with E-state index < -0.39 is 4.92 Å². The van der Waals surface area contributed by atoms with Crippen LogP contribution in [0, 0.1) is 15.5 Å². The molecule has 94 valence electrons. The Morgan fingerprint density at radius 3 is 2.59 bits per heavy atom. The van der Waals surface area contributed by atoms with Crippen molar-refractivity contribution >= 4 is 5.69 Å². The molecule has 5 heteroatoms. The summed E-state index contributed by atoms with van der Waals surface area (Å²) in [6.45, 7) is 3.90. The summed E-state index contributed by atoms with van der Waals surface area (Å²) in [5.41, 5.74) is 0.591. The van der Waals surface area contributed by atoms with Crippen molar-refractivity contribution in [3.05, 3.63) is 33.9 Å². The molecule has 0 radical (unpaired) electrons. The van der Waals surface area contributed by atoms with Gasteiger partial charge in [-0.2, -0.15) is 0 Å². The van der Waals surface area contributed by atoms with Crippen molar-refractivity contribution in [1.82, 2.24) is 0 Å². The van der Waals surface area contributed by atoms with Crippen molar-refractivity contribution in [2.24, 2.45) is 5.41 Å². The topological polar surface area (TPSA) is 72.6 Å². The SMILES string of the molecule is COc1cc([N+](=O)[O-])ccc1CC(C)(C)CO. The molecular formula is C12H17NO4. The fraction of sp³-hybridized carbons (Fsp3) is 0.500. The van der Waals surface area contributed by atoms with E-state index in [0.717, 1.165) is 5.56 Å². The first-order chi connectivity index (χ1) is 7.89. The van der Waals surface area contributed by atoms with Crippen LogP contribution in [0.2, 0.25) is 0 Å². The highest BCUT2D eigenvalue weighted by atomic mass is 16.6. The zero-order chi connectivity index (χ0) is 13.1. The van der Waals surface area contributed by atoms with Crippen LogP contribution in [0.15, 0.2) is 18.2 Å². The Morgan fingerprint density at radius 1 is 1.47 bits per heavy atom. The summed E-state index contributed by atoms with van der Waals surface area (Å²) in [4.78, 5) is 10.2. The van der Waals surface area contributed by atoms with Gasteiger partial charge in [-0.3, -0.25) is 10.1 Å². The van der Waals surface area contributed by atoms with Gasteiger partial charge in [-0.1, -0.05) is 13.8 Å². The van der Waals surface area contributed by atoms with Crippen molar-refractivity contribution in [2.75, 3.05) is 13.7 Å². The van der Waals surface area contributed by atoms with E-state index in [1.54, 1.807) is 6.07 Å². The van der Waals surface area contributed by atoms with Gasteiger partial charge >= 0.3 is 0 Å². The van der Waals surface area contributed by atoms with Crippen LogP contribution in [0.25, 0.3) is 0 Å². The van der Waals surface area contributed by atoms with Crippen molar-refractivity contribution in [3.8, 4) is 5.75 Å². The van der Waals surface area contributed by atoms with Crippen LogP contribution in [-0.4, -0.2) is 23.7 Å². The smallest absolute Gasteiger partial charge is 0.273 e. The maximum Gasteiger partial charge on any atom is 0.273 e. The Hall–Kier alpha value is -1.62. The first kappa shape index (κ1) is 13.4. The lowest BCUT2D eigenvalue weighted by atomic mass is 9.86. The van der Waals surface area contributed by atoms with Gasteiger partial charge in [-0.25, -0.2) is 0 Å². The molecule has 0 fully saturated rings. The average Bonchev–Trinajstić information content (AvgIpc) is 2.29. The third-order valence-corrected chi connectivity index (χ3v) is 2.58. The van der Waals surface area contributed by atoms with Gasteiger partial charge in [0.25, 0.3) is 5.69 Å². The third-order valence-electron chi connectivity index (χ3n) is 2.58. The molecule has 0 saturated heterocycles. The number of nitrogens with zero attached hydrogens (tertiary/aromatic N) is 1. The highest BCUT2D eigenvalue weighted by Crippen LogP contribution is 2.30. The van der Waals surface area contributed by atoms with Crippen LogP contribution in [0.5, 0.6) is 5.75 Å². The van der Waals surface area contributed by atoms with Crippen molar-refractivity contribution in [2.45, 2.75) is 20.3 Å². The van der Waals surface area contributed by atoms with Gasteiger partial charge in [0, 0.05) is 12.7 Å². The molecular weight excluding hydrogens is 222 g/mol. The summed E-state index contributed by atoms with van der Waals surface area (Å²) >= 11 is 0. The van der Waals surface area contributed by atoms with Crippen molar-refractivity contribution < 1.29 is 14.8 Å². The number of rotatable bonds is 5. The van der Waals surface area contributed by atoms with E-state index in [2.05, 4.69) is 0 Å². The molecule has 1 aromatic rings. The summed E-state index contributed by atoms with van der Waals surface area (Å²) in [7, 11) is 1.48. The predicted molar refractivity (Wildman–Crippen MR) is 64.2 cm³/mol. The number of hydrogen-bond acceptors (Lipinski definition) is 4. The van der Waals surface area contributed by atoms with Crippen LogP contribution < -0.4 is 4.74 Å². The molecule has 17 heavy (non-hydrogen) atoms. The molecule has 0 heterocycles. The van der Waals surface area contributed by atoms with Crippen LogP contribution in [0.4, 0.5) is 5.69 Å². The number of aliphatic hydroxyl groups excluding tert-OH is 1. The molecule has 1 aromatic carbocycles. The maximum absolute atomic E-state index is 10.6. The Balaban J connectivity index is 3.05. The Morgan fingerprint density at radius 2 is 2.12 bits per heavy atom. The second-order valence-electron chi connectivity index (χ2n) is 4.75. The molecule has 0 aliphatic heterocycles.